The third kappa shape index (κ3) is 2.34. The van der Waals surface area contributed by atoms with Crippen molar-refractivity contribution in [2.45, 2.75) is 0 Å². The van der Waals surface area contributed by atoms with E-state index >= 15 is 0 Å². The molecular formula is C5H9NO4. The van der Waals surface area contributed by atoms with Crippen LogP contribution in [0.25, 0.3) is 0 Å². The second-order valence-corrected chi connectivity index (χ2v) is 1.27. The summed E-state index contributed by atoms with van der Waals surface area (Å²) in [5.41, 5.74) is 0. The summed E-state index contributed by atoms with van der Waals surface area (Å²) in [5, 5.41) is 3.23. The smallest absolute Gasteiger partial charge is 0.397 e. The Morgan fingerprint density at radius 3 is 2.10 bits per heavy atom. The molecule has 0 aromatic carbocycles. The third-order valence-electron chi connectivity index (χ3n) is 0.728. The number of carbonyl (C=O) groups is 1. The zero-order chi connectivity index (χ0) is 7.98. The number of oxime groups is 1. The van der Waals surface area contributed by atoms with E-state index in [-0.39, 0.29) is 5.90 Å². The van der Waals surface area contributed by atoms with Crippen LogP contribution in [-0.4, -0.2) is 33.2 Å². The molecule has 0 spiro atoms. The van der Waals surface area contributed by atoms with Crippen LogP contribution >= 0.6 is 0 Å². The summed E-state index contributed by atoms with van der Waals surface area (Å²) in [6.07, 6.45) is 0. The molecule has 10 heavy (non-hydrogen) atoms. The number of nitrogens with zero attached hydrogens (tertiary/aromatic N) is 1. The highest BCUT2D eigenvalue weighted by Gasteiger charge is 2.11. The topological polar surface area (TPSA) is 57.1 Å². The maximum absolute atomic E-state index is 10.6. The SMILES string of the molecule is CO/N=C(/OC)C(=O)OC. The summed E-state index contributed by atoms with van der Waals surface area (Å²) in [6, 6.07) is 0. The van der Waals surface area contributed by atoms with E-state index in [0.717, 1.165) is 0 Å². The van der Waals surface area contributed by atoms with Gasteiger partial charge < -0.3 is 14.3 Å². The zero-order valence-electron chi connectivity index (χ0n) is 6.08. The maximum atomic E-state index is 10.6. The Labute approximate surface area is 58.6 Å². The minimum absolute atomic E-state index is 0.204. The Balaban J connectivity index is 4.06. The van der Waals surface area contributed by atoms with Crippen molar-refractivity contribution in [2.24, 2.45) is 5.16 Å². The molecule has 0 aliphatic carbocycles. The van der Waals surface area contributed by atoms with Crippen LogP contribution in [0.3, 0.4) is 0 Å². The summed E-state index contributed by atoms with van der Waals surface area (Å²) in [7, 11) is 3.84. The first kappa shape index (κ1) is 8.74. The van der Waals surface area contributed by atoms with Crippen LogP contribution in [0, 0.1) is 0 Å². The molecule has 0 bridgehead atoms. The number of rotatable bonds is 1. The second kappa shape index (κ2) is 4.60. The molecule has 58 valence electrons. The quantitative estimate of drug-likeness (QED) is 0.222. The van der Waals surface area contributed by atoms with E-state index in [2.05, 4.69) is 19.5 Å². The molecular weight excluding hydrogens is 138 g/mol. The first-order valence-electron chi connectivity index (χ1n) is 2.49. The molecule has 0 heterocycles. The maximum Gasteiger partial charge on any atom is 0.397 e. The van der Waals surface area contributed by atoms with Gasteiger partial charge in [-0.05, 0) is 5.16 Å². The van der Waals surface area contributed by atoms with Gasteiger partial charge in [-0.25, -0.2) is 4.79 Å². The summed E-state index contributed by atoms with van der Waals surface area (Å²) >= 11 is 0. The van der Waals surface area contributed by atoms with Crippen molar-refractivity contribution >= 4 is 11.9 Å². The van der Waals surface area contributed by atoms with E-state index in [4.69, 9.17) is 0 Å². The molecule has 0 atom stereocenters. The van der Waals surface area contributed by atoms with Gasteiger partial charge in [0.2, 0.25) is 0 Å². The Bertz CT molecular complexity index is 143. The Morgan fingerprint density at radius 1 is 1.20 bits per heavy atom. The number of hydrogen-bond donors (Lipinski definition) is 0. The monoisotopic (exact) mass is 147 g/mol. The van der Waals surface area contributed by atoms with Crippen LogP contribution < -0.4 is 0 Å². The molecule has 0 aliphatic heterocycles. The van der Waals surface area contributed by atoms with Gasteiger partial charge in [-0.1, -0.05) is 0 Å². The van der Waals surface area contributed by atoms with Gasteiger partial charge in [0.1, 0.15) is 7.11 Å². The van der Waals surface area contributed by atoms with E-state index in [1.807, 2.05) is 0 Å². The number of ether oxygens (including phenoxy) is 2. The molecule has 0 radical (unpaired) electrons. The largest absolute Gasteiger partial charge is 0.474 e. The molecule has 0 unspecified atom stereocenters. The first-order valence-corrected chi connectivity index (χ1v) is 2.49. The van der Waals surface area contributed by atoms with Gasteiger partial charge in [-0.3, -0.25) is 0 Å². The number of hydrogen-bond acceptors (Lipinski definition) is 5. The van der Waals surface area contributed by atoms with E-state index in [1.54, 1.807) is 0 Å². The number of methoxy groups -OCH3 is 2. The van der Waals surface area contributed by atoms with Crippen molar-refractivity contribution in [3.05, 3.63) is 0 Å². The minimum atomic E-state index is -0.663. The lowest BCUT2D eigenvalue weighted by atomic mass is 10.7. The van der Waals surface area contributed by atoms with Crippen LogP contribution in [0.1, 0.15) is 0 Å². The number of carbonyl (C=O) groups excluding carboxylic acids is 1. The zero-order valence-corrected chi connectivity index (χ0v) is 6.08. The van der Waals surface area contributed by atoms with E-state index in [9.17, 15) is 4.79 Å². The minimum Gasteiger partial charge on any atom is -0.474 e. The molecule has 0 aromatic rings. The predicted molar refractivity (Wildman–Crippen MR) is 33.5 cm³/mol. The van der Waals surface area contributed by atoms with E-state index < -0.39 is 5.97 Å². The second-order valence-electron chi connectivity index (χ2n) is 1.27. The van der Waals surface area contributed by atoms with Gasteiger partial charge in [-0.15, -0.1) is 0 Å². The van der Waals surface area contributed by atoms with E-state index in [1.165, 1.54) is 21.3 Å². The Morgan fingerprint density at radius 2 is 1.80 bits per heavy atom. The van der Waals surface area contributed by atoms with Gasteiger partial charge in [0, 0.05) is 0 Å². The van der Waals surface area contributed by atoms with Gasteiger partial charge in [-0.2, -0.15) is 0 Å². The molecule has 0 aromatic heterocycles. The Kier molecular flexibility index (Phi) is 4.02. The summed E-state index contributed by atoms with van der Waals surface area (Å²) < 4.78 is 8.77. The summed E-state index contributed by atoms with van der Waals surface area (Å²) in [4.78, 5) is 14.9. The van der Waals surface area contributed by atoms with Crippen LogP contribution in [0.15, 0.2) is 5.16 Å². The normalized spacial score (nSPS) is 10.5. The molecule has 5 heteroatoms. The average Bonchev–Trinajstić information content (AvgIpc) is 1.99. The lowest BCUT2D eigenvalue weighted by Gasteiger charge is -1.99. The predicted octanol–water partition coefficient (Wildman–Crippen LogP) is -0.234. The molecule has 0 aliphatic rings. The lowest BCUT2D eigenvalue weighted by Crippen LogP contribution is -2.17. The van der Waals surface area contributed by atoms with Crippen LogP contribution in [-0.2, 0) is 19.1 Å². The molecule has 5 nitrogen and oxygen atoms in total. The molecule has 0 saturated carbocycles. The molecule has 0 amide bonds. The van der Waals surface area contributed by atoms with Gasteiger partial charge in [0.25, 0.3) is 0 Å². The molecule has 0 saturated heterocycles. The summed E-state index contributed by atoms with van der Waals surface area (Å²) in [6.45, 7) is 0. The van der Waals surface area contributed by atoms with Crippen molar-refractivity contribution in [2.75, 3.05) is 21.3 Å². The van der Waals surface area contributed by atoms with Crippen LogP contribution in [0.4, 0.5) is 0 Å². The molecule has 0 N–H and O–H groups in total. The number of esters is 1. The highest BCUT2D eigenvalue weighted by molar-refractivity contribution is 6.32. The fourth-order valence-electron chi connectivity index (χ4n) is 0.328. The highest BCUT2D eigenvalue weighted by atomic mass is 16.6. The fraction of sp³-hybridized carbons (Fsp3) is 0.600. The summed E-state index contributed by atoms with van der Waals surface area (Å²) in [5.74, 6) is -0.866. The highest BCUT2D eigenvalue weighted by Crippen LogP contribution is 1.84. The van der Waals surface area contributed by atoms with Crippen LogP contribution in [0.5, 0.6) is 0 Å². The van der Waals surface area contributed by atoms with Crippen molar-refractivity contribution < 1.29 is 19.1 Å². The first-order chi connectivity index (χ1) is 4.76. The van der Waals surface area contributed by atoms with E-state index in [0.29, 0.717) is 0 Å². The van der Waals surface area contributed by atoms with Gasteiger partial charge in [0.05, 0.1) is 14.2 Å². The van der Waals surface area contributed by atoms with Crippen molar-refractivity contribution in [3.63, 3.8) is 0 Å². The lowest BCUT2D eigenvalue weighted by molar-refractivity contribution is -0.134. The van der Waals surface area contributed by atoms with Crippen molar-refractivity contribution in [3.8, 4) is 0 Å². The molecule has 0 fully saturated rings. The average molecular weight is 147 g/mol. The standard InChI is InChI=1S/C5H9NO4/c1-8-4(6-10-3)5(7)9-2/h1-3H3/b6-4+. The van der Waals surface area contributed by atoms with Crippen molar-refractivity contribution in [1.82, 2.24) is 0 Å². The van der Waals surface area contributed by atoms with Gasteiger partial charge in [0.15, 0.2) is 0 Å². The third-order valence-corrected chi connectivity index (χ3v) is 0.728. The van der Waals surface area contributed by atoms with Gasteiger partial charge >= 0.3 is 11.9 Å². The van der Waals surface area contributed by atoms with Crippen molar-refractivity contribution in [1.29, 1.82) is 0 Å². The van der Waals surface area contributed by atoms with Crippen LogP contribution in [0.2, 0.25) is 0 Å². The Hall–Kier alpha value is -1.26. The molecule has 0 rings (SSSR count). The fourth-order valence-corrected chi connectivity index (χ4v) is 0.328.